The van der Waals surface area contributed by atoms with E-state index in [-0.39, 0.29) is 5.91 Å². The molecule has 0 saturated heterocycles. The first kappa shape index (κ1) is 18.2. The first-order valence-corrected chi connectivity index (χ1v) is 8.70. The van der Waals surface area contributed by atoms with Crippen LogP contribution in [-0.2, 0) is 11.3 Å². The molecular formula is C20H22N6O. The van der Waals surface area contributed by atoms with E-state index in [1.165, 1.54) is 6.08 Å². The number of nitrogens with two attached hydrogens (primary N) is 1. The lowest BCUT2D eigenvalue weighted by atomic mass is 10.2. The zero-order valence-electron chi connectivity index (χ0n) is 14.9. The van der Waals surface area contributed by atoms with Gasteiger partial charge in [-0.1, -0.05) is 12.1 Å². The first-order chi connectivity index (χ1) is 13.2. The van der Waals surface area contributed by atoms with Crippen LogP contribution in [0.4, 0.5) is 17.2 Å². The van der Waals surface area contributed by atoms with Gasteiger partial charge >= 0.3 is 0 Å². The Morgan fingerprint density at radius 2 is 2.11 bits per heavy atom. The van der Waals surface area contributed by atoms with Crippen molar-refractivity contribution >= 4 is 29.2 Å². The minimum Gasteiger partial charge on any atom is -0.397 e. The molecular weight excluding hydrogens is 340 g/mol. The molecule has 1 amide bonds. The molecule has 7 nitrogen and oxygen atoms in total. The van der Waals surface area contributed by atoms with E-state index < -0.39 is 0 Å². The lowest BCUT2D eigenvalue weighted by molar-refractivity contribution is -0.111. The van der Waals surface area contributed by atoms with Gasteiger partial charge in [0.2, 0.25) is 5.91 Å². The molecule has 0 atom stereocenters. The lowest BCUT2D eigenvalue weighted by Crippen LogP contribution is -2.09. The van der Waals surface area contributed by atoms with E-state index in [2.05, 4.69) is 20.6 Å². The Morgan fingerprint density at radius 1 is 1.22 bits per heavy atom. The minimum absolute atomic E-state index is 0.241. The Kier molecular flexibility index (Phi) is 6.19. The number of pyridine rings is 1. The van der Waals surface area contributed by atoms with Gasteiger partial charge in [0, 0.05) is 37.8 Å². The van der Waals surface area contributed by atoms with Crippen molar-refractivity contribution in [3.8, 4) is 0 Å². The molecule has 0 saturated carbocycles. The zero-order chi connectivity index (χ0) is 18.9. The maximum atomic E-state index is 12.0. The number of carbonyl (C=O) groups excluding carboxylic acids is 1. The van der Waals surface area contributed by atoms with Crippen LogP contribution >= 0.6 is 0 Å². The maximum Gasteiger partial charge on any atom is 0.248 e. The van der Waals surface area contributed by atoms with Crippen molar-refractivity contribution in [3.05, 3.63) is 73.0 Å². The van der Waals surface area contributed by atoms with Crippen LogP contribution in [0.5, 0.6) is 0 Å². The van der Waals surface area contributed by atoms with E-state index >= 15 is 0 Å². The highest BCUT2D eigenvalue weighted by atomic mass is 16.1. The van der Waals surface area contributed by atoms with E-state index in [0.717, 1.165) is 30.9 Å². The number of hydrogen-bond donors (Lipinski definition) is 3. The molecule has 0 unspecified atom stereocenters. The number of benzene rings is 1. The van der Waals surface area contributed by atoms with Gasteiger partial charge < -0.3 is 20.9 Å². The normalized spacial score (nSPS) is 10.8. The standard InChI is InChI=1S/C20H22N6O/c21-17-4-1-2-5-18(17)25-20(27)9-7-16-6-8-19(24-14-16)23-10-3-12-26-13-11-22-15-26/h1-2,4-9,11,13-15H,3,10,12,21H2,(H,23,24)(H,25,27)/b9-7-. The molecule has 3 aromatic rings. The van der Waals surface area contributed by atoms with Gasteiger partial charge in [-0.15, -0.1) is 0 Å². The summed E-state index contributed by atoms with van der Waals surface area (Å²) in [6.07, 6.45) is 11.4. The molecule has 0 aliphatic rings. The number of amides is 1. The monoisotopic (exact) mass is 362 g/mol. The second kappa shape index (κ2) is 9.19. The Bertz CT molecular complexity index is 887. The SMILES string of the molecule is Nc1ccccc1NC(=O)/C=C\c1ccc(NCCCn2ccnc2)nc1. The summed E-state index contributed by atoms with van der Waals surface area (Å²) in [6, 6.07) is 10.9. The summed E-state index contributed by atoms with van der Waals surface area (Å²) in [4.78, 5) is 20.4. The van der Waals surface area contributed by atoms with E-state index in [1.54, 1.807) is 30.6 Å². The fraction of sp³-hybridized carbons (Fsp3) is 0.150. The Labute approximate surface area is 158 Å². The smallest absolute Gasteiger partial charge is 0.248 e. The van der Waals surface area contributed by atoms with Crippen molar-refractivity contribution < 1.29 is 4.79 Å². The van der Waals surface area contributed by atoms with E-state index in [9.17, 15) is 4.79 Å². The number of nitrogens with zero attached hydrogens (tertiary/aromatic N) is 3. The highest BCUT2D eigenvalue weighted by Crippen LogP contribution is 2.16. The number of carbonyl (C=O) groups is 1. The average molecular weight is 362 g/mol. The first-order valence-electron chi connectivity index (χ1n) is 8.70. The summed E-state index contributed by atoms with van der Waals surface area (Å²) in [5.41, 5.74) is 7.78. The molecule has 0 bridgehead atoms. The number of para-hydroxylation sites is 2. The summed E-state index contributed by atoms with van der Waals surface area (Å²) in [6.45, 7) is 1.73. The molecule has 27 heavy (non-hydrogen) atoms. The Balaban J connectivity index is 1.44. The number of rotatable bonds is 8. The Hall–Kier alpha value is -3.61. The van der Waals surface area contributed by atoms with Crippen LogP contribution in [0.3, 0.4) is 0 Å². The van der Waals surface area contributed by atoms with Crippen LogP contribution < -0.4 is 16.4 Å². The minimum atomic E-state index is -0.241. The molecule has 0 aliphatic carbocycles. The second-order valence-corrected chi connectivity index (χ2v) is 5.97. The van der Waals surface area contributed by atoms with Crippen LogP contribution in [0, 0.1) is 0 Å². The molecule has 138 valence electrons. The summed E-state index contributed by atoms with van der Waals surface area (Å²) in [5.74, 6) is 0.564. The van der Waals surface area contributed by atoms with Gasteiger partial charge in [0.25, 0.3) is 0 Å². The quantitative estimate of drug-likeness (QED) is 0.325. The van der Waals surface area contributed by atoms with Gasteiger partial charge in [-0.2, -0.15) is 0 Å². The molecule has 0 aliphatic heterocycles. The molecule has 4 N–H and O–H groups in total. The van der Waals surface area contributed by atoms with Gasteiger partial charge in [0.15, 0.2) is 0 Å². The predicted molar refractivity (Wildman–Crippen MR) is 108 cm³/mol. The van der Waals surface area contributed by atoms with Crippen LogP contribution in [0.15, 0.2) is 67.4 Å². The number of aromatic nitrogens is 3. The summed E-state index contributed by atoms with van der Waals surface area (Å²) >= 11 is 0. The van der Waals surface area contributed by atoms with Crippen LogP contribution in [0.2, 0.25) is 0 Å². The molecule has 0 radical (unpaired) electrons. The van der Waals surface area contributed by atoms with Gasteiger partial charge in [0.1, 0.15) is 5.82 Å². The third-order valence-electron chi connectivity index (χ3n) is 3.89. The highest BCUT2D eigenvalue weighted by molar-refractivity contribution is 6.03. The zero-order valence-corrected chi connectivity index (χ0v) is 14.9. The summed E-state index contributed by atoms with van der Waals surface area (Å²) in [7, 11) is 0. The maximum absolute atomic E-state index is 12.0. The van der Waals surface area contributed by atoms with Gasteiger partial charge in [0.05, 0.1) is 17.7 Å². The van der Waals surface area contributed by atoms with Crippen molar-refractivity contribution in [1.82, 2.24) is 14.5 Å². The van der Waals surface area contributed by atoms with Crippen LogP contribution in [-0.4, -0.2) is 27.0 Å². The summed E-state index contributed by atoms with van der Waals surface area (Å²) in [5, 5.41) is 6.02. The number of nitrogens with one attached hydrogen (secondary N) is 2. The van der Waals surface area contributed by atoms with Gasteiger partial charge in [-0.25, -0.2) is 9.97 Å². The van der Waals surface area contributed by atoms with Crippen LogP contribution in [0.25, 0.3) is 6.08 Å². The lowest BCUT2D eigenvalue weighted by Gasteiger charge is -2.06. The highest BCUT2D eigenvalue weighted by Gasteiger charge is 2.01. The van der Waals surface area contributed by atoms with Crippen molar-refractivity contribution in [1.29, 1.82) is 0 Å². The number of aryl methyl sites for hydroxylation is 1. The molecule has 3 rings (SSSR count). The van der Waals surface area contributed by atoms with Crippen molar-refractivity contribution in [2.24, 2.45) is 0 Å². The van der Waals surface area contributed by atoms with Crippen LogP contribution in [0.1, 0.15) is 12.0 Å². The fourth-order valence-electron chi connectivity index (χ4n) is 2.46. The predicted octanol–water partition coefficient (Wildman–Crippen LogP) is 3.01. The molecule has 2 aromatic heterocycles. The number of imidazole rings is 1. The Morgan fingerprint density at radius 3 is 2.85 bits per heavy atom. The van der Waals surface area contributed by atoms with E-state index in [1.807, 2.05) is 41.4 Å². The number of hydrogen-bond acceptors (Lipinski definition) is 5. The molecule has 2 heterocycles. The summed E-state index contributed by atoms with van der Waals surface area (Å²) < 4.78 is 2.04. The van der Waals surface area contributed by atoms with Crippen molar-refractivity contribution in [2.45, 2.75) is 13.0 Å². The molecule has 0 spiro atoms. The van der Waals surface area contributed by atoms with E-state index in [0.29, 0.717) is 11.4 Å². The third kappa shape index (κ3) is 5.71. The molecule has 0 fully saturated rings. The van der Waals surface area contributed by atoms with Gasteiger partial charge in [-0.05, 0) is 42.3 Å². The molecule has 7 heteroatoms. The van der Waals surface area contributed by atoms with E-state index in [4.69, 9.17) is 5.73 Å². The fourth-order valence-corrected chi connectivity index (χ4v) is 2.46. The largest absolute Gasteiger partial charge is 0.397 e. The average Bonchev–Trinajstić information content (AvgIpc) is 3.20. The number of anilines is 3. The van der Waals surface area contributed by atoms with Crippen molar-refractivity contribution in [3.63, 3.8) is 0 Å². The van der Waals surface area contributed by atoms with Gasteiger partial charge in [-0.3, -0.25) is 4.79 Å². The molecule has 1 aromatic carbocycles. The topological polar surface area (TPSA) is 97.9 Å². The third-order valence-corrected chi connectivity index (χ3v) is 3.89. The second-order valence-electron chi connectivity index (χ2n) is 5.97. The number of nitrogen functional groups attached to an aromatic ring is 1. The van der Waals surface area contributed by atoms with Crippen molar-refractivity contribution in [2.75, 3.05) is 22.9 Å².